The van der Waals surface area contributed by atoms with Gasteiger partial charge in [0.25, 0.3) is 0 Å². The minimum absolute atomic E-state index is 0.145. The van der Waals surface area contributed by atoms with Crippen molar-refractivity contribution in [3.8, 4) is 0 Å². The molecule has 0 aromatic carbocycles. The second-order valence-corrected chi connectivity index (χ2v) is 4.70. The van der Waals surface area contributed by atoms with Gasteiger partial charge >= 0.3 is 0 Å². The summed E-state index contributed by atoms with van der Waals surface area (Å²) in [5.74, 6) is 7.66. The number of hydrazine groups is 1. The predicted octanol–water partition coefficient (Wildman–Crippen LogP) is 1.30. The number of hydrogen-bond acceptors (Lipinski definition) is 6. The molecule has 1 rings (SSSR count). The van der Waals surface area contributed by atoms with E-state index in [2.05, 4.69) is 20.7 Å². The normalized spacial score (nSPS) is 10.3. The minimum Gasteiger partial charge on any atom is -0.369 e. The molecule has 0 bridgehead atoms. The maximum atomic E-state index is 11.9. The van der Waals surface area contributed by atoms with Gasteiger partial charge in [0, 0.05) is 38.0 Å². The molecule has 4 N–H and O–H groups in total. The average Bonchev–Trinajstić information content (AvgIpc) is 2.50. The van der Waals surface area contributed by atoms with Crippen LogP contribution in [0.25, 0.3) is 0 Å². The van der Waals surface area contributed by atoms with Crippen LogP contribution >= 0.6 is 0 Å². The van der Waals surface area contributed by atoms with Crippen LogP contribution in [0.1, 0.15) is 38.6 Å². The summed E-state index contributed by atoms with van der Waals surface area (Å²) in [6, 6.07) is 0. The Morgan fingerprint density at radius 3 is 2.33 bits per heavy atom. The van der Waals surface area contributed by atoms with Crippen LogP contribution in [-0.2, 0) is 11.2 Å². The molecule has 0 spiro atoms. The fourth-order valence-electron chi connectivity index (χ4n) is 2.06. The summed E-state index contributed by atoms with van der Waals surface area (Å²) in [7, 11) is 0. The quantitative estimate of drug-likeness (QED) is 0.494. The third kappa shape index (κ3) is 4.56. The van der Waals surface area contributed by atoms with Crippen LogP contribution in [0.2, 0.25) is 0 Å². The van der Waals surface area contributed by atoms with Gasteiger partial charge < -0.3 is 15.6 Å². The van der Waals surface area contributed by atoms with Crippen molar-refractivity contribution in [1.29, 1.82) is 0 Å². The Labute approximate surface area is 126 Å². The van der Waals surface area contributed by atoms with E-state index in [1.54, 1.807) is 0 Å². The maximum Gasteiger partial charge on any atom is 0.224 e. The van der Waals surface area contributed by atoms with Crippen molar-refractivity contribution < 1.29 is 4.79 Å². The lowest BCUT2D eigenvalue weighted by Crippen LogP contribution is -2.31. The molecule has 0 aliphatic heterocycles. The second-order valence-electron chi connectivity index (χ2n) is 4.70. The van der Waals surface area contributed by atoms with E-state index in [4.69, 9.17) is 5.84 Å². The SMILES string of the molecule is CCc1nc(NN)c(C)c(NCCC(=O)N(CC)CC)n1. The number of carbonyl (C=O) groups is 1. The first-order valence-electron chi connectivity index (χ1n) is 7.43. The first-order valence-corrected chi connectivity index (χ1v) is 7.43. The third-order valence-corrected chi connectivity index (χ3v) is 3.39. The van der Waals surface area contributed by atoms with Crippen LogP contribution in [0.15, 0.2) is 0 Å². The number of aryl methyl sites for hydroxylation is 1. The molecule has 1 amide bonds. The zero-order valence-electron chi connectivity index (χ0n) is 13.4. The van der Waals surface area contributed by atoms with Gasteiger partial charge in [0.15, 0.2) is 0 Å². The molecular weight excluding hydrogens is 268 g/mol. The summed E-state index contributed by atoms with van der Waals surface area (Å²) in [6.45, 7) is 9.86. The summed E-state index contributed by atoms with van der Waals surface area (Å²) >= 11 is 0. The molecule has 118 valence electrons. The molecule has 7 nitrogen and oxygen atoms in total. The first kappa shape index (κ1) is 17.2. The van der Waals surface area contributed by atoms with E-state index >= 15 is 0 Å². The Morgan fingerprint density at radius 1 is 1.19 bits per heavy atom. The Balaban J connectivity index is 2.69. The third-order valence-electron chi connectivity index (χ3n) is 3.39. The lowest BCUT2D eigenvalue weighted by Gasteiger charge is -2.19. The van der Waals surface area contributed by atoms with E-state index in [0.717, 1.165) is 30.9 Å². The summed E-state index contributed by atoms with van der Waals surface area (Å²) in [4.78, 5) is 22.5. The summed E-state index contributed by atoms with van der Waals surface area (Å²) in [6.07, 6.45) is 1.17. The zero-order valence-corrected chi connectivity index (χ0v) is 13.4. The minimum atomic E-state index is 0.145. The van der Waals surface area contributed by atoms with Gasteiger partial charge in [0.2, 0.25) is 5.91 Å². The molecule has 0 unspecified atom stereocenters. The van der Waals surface area contributed by atoms with Crippen molar-refractivity contribution in [3.05, 3.63) is 11.4 Å². The highest BCUT2D eigenvalue weighted by molar-refractivity contribution is 5.76. The Bertz CT molecular complexity index is 473. The van der Waals surface area contributed by atoms with Crippen LogP contribution in [0.4, 0.5) is 11.6 Å². The van der Waals surface area contributed by atoms with E-state index in [0.29, 0.717) is 24.6 Å². The van der Waals surface area contributed by atoms with Crippen molar-refractivity contribution in [1.82, 2.24) is 14.9 Å². The van der Waals surface area contributed by atoms with Crippen LogP contribution in [0.3, 0.4) is 0 Å². The van der Waals surface area contributed by atoms with Gasteiger partial charge in [0.1, 0.15) is 17.5 Å². The fraction of sp³-hybridized carbons (Fsp3) is 0.643. The number of rotatable bonds is 8. The molecule has 0 aliphatic rings. The number of nitrogens with zero attached hydrogens (tertiary/aromatic N) is 3. The van der Waals surface area contributed by atoms with Gasteiger partial charge in [-0.1, -0.05) is 6.92 Å². The number of carbonyl (C=O) groups excluding carboxylic acids is 1. The smallest absolute Gasteiger partial charge is 0.224 e. The summed E-state index contributed by atoms with van der Waals surface area (Å²) in [5, 5.41) is 3.20. The van der Waals surface area contributed by atoms with Crippen LogP contribution in [0, 0.1) is 6.92 Å². The monoisotopic (exact) mass is 294 g/mol. The average molecular weight is 294 g/mol. The van der Waals surface area contributed by atoms with Crippen molar-refractivity contribution in [3.63, 3.8) is 0 Å². The molecule has 0 atom stereocenters. The van der Waals surface area contributed by atoms with Crippen LogP contribution < -0.4 is 16.6 Å². The molecule has 0 saturated carbocycles. The van der Waals surface area contributed by atoms with Crippen molar-refractivity contribution in [2.75, 3.05) is 30.4 Å². The number of aromatic nitrogens is 2. The number of hydrogen-bond donors (Lipinski definition) is 3. The Kier molecular flexibility index (Phi) is 6.87. The molecule has 7 heteroatoms. The van der Waals surface area contributed by atoms with Crippen LogP contribution in [-0.4, -0.2) is 40.4 Å². The largest absolute Gasteiger partial charge is 0.369 e. The van der Waals surface area contributed by atoms with E-state index < -0.39 is 0 Å². The predicted molar refractivity (Wildman–Crippen MR) is 85.0 cm³/mol. The van der Waals surface area contributed by atoms with Gasteiger partial charge in [-0.25, -0.2) is 15.8 Å². The number of anilines is 2. The van der Waals surface area contributed by atoms with Crippen LogP contribution in [0.5, 0.6) is 0 Å². The second kappa shape index (κ2) is 8.41. The lowest BCUT2D eigenvalue weighted by atomic mass is 10.2. The standard InChI is InChI=1S/C14H26N6O/c1-5-11-17-13(10(4)14(18-11)19-15)16-9-8-12(21)20(6-2)7-3/h5-9,15H2,1-4H3,(H2,16,17,18,19). The number of nitrogen functional groups attached to an aromatic ring is 1. The highest BCUT2D eigenvalue weighted by Crippen LogP contribution is 2.19. The molecule has 0 saturated heterocycles. The van der Waals surface area contributed by atoms with E-state index in [9.17, 15) is 4.79 Å². The number of nitrogens with one attached hydrogen (secondary N) is 2. The Morgan fingerprint density at radius 2 is 1.81 bits per heavy atom. The van der Waals surface area contributed by atoms with Gasteiger partial charge in [-0.3, -0.25) is 4.79 Å². The number of amides is 1. The van der Waals surface area contributed by atoms with E-state index in [-0.39, 0.29) is 5.91 Å². The van der Waals surface area contributed by atoms with Crippen molar-refractivity contribution in [2.24, 2.45) is 5.84 Å². The van der Waals surface area contributed by atoms with Gasteiger partial charge in [-0.05, 0) is 20.8 Å². The molecular formula is C14H26N6O. The molecule has 0 aliphatic carbocycles. The highest BCUT2D eigenvalue weighted by Gasteiger charge is 2.11. The van der Waals surface area contributed by atoms with E-state index in [1.165, 1.54) is 0 Å². The highest BCUT2D eigenvalue weighted by atomic mass is 16.2. The lowest BCUT2D eigenvalue weighted by molar-refractivity contribution is -0.130. The first-order chi connectivity index (χ1) is 10.1. The van der Waals surface area contributed by atoms with Gasteiger partial charge in [-0.15, -0.1) is 0 Å². The summed E-state index contributed by atoms with van der Waals surface area (Å²) in [5.41, 5.74) is 3.43. The fourth-order valence-corrected chi connectivity index (χ4v) is 2.06. The molecule has 0 radical (unpaired) electrons. The molecule has 0 fully saturated rings. The number of nitrogens with two attached hydrogens (primary N) is 1. The Hall–Kier alpha value is -1.89. The molecule has 1 aromatic rings. The molecule has 21 heavy (non-hydrogen) atoms. The van der Waals surface area contributed by atoms with Crippen molar-refractivity contribution in [2.45, 2.75) is 40.5 Å². The zero-order chi connectivity index (χ0) is 15.8. The van der Waals surface area contributed by atoms with Gasteiger partial charge in [0.05, 0.1) is 0 Å². The van der Waals surface area contributed by atoms with Gasteiger partial charge in [-0.2, -0.15) is 0 Å². The topological polar surface area (TPSA) is 96.2 Å². The molecule has 1 aromatic heterocycles. The van der Waals surface area contributed by atoms with E-state index in [1.807, 2.05) is 32.6 Å². The van der Waals surface area contributed by atoms with Crippen molar-refractivity contribution >= 4 is 17.5 Å². The summed E-state index contributed by atoms with van der Waals surface area (Å²) < 4.78 is 0. The maximum absolute atomic E-state index is 11.9. The molecule has 1 heterocycles.